The molecule has 0 atom stereocenters. The Morgan fingerprint density at radius 1 is 1.25 bits per heavy atom. The van der Waals surface area contributed by atoms with Gasteiger partial charge in [-0.05, 0) is 26.3 Å². The van der Waals surface area contributed by atoms with Crippen molar-refractivity contribution in [1.29, 1.82) is 0 Å². The normalized spacial score (nSPS) is 12.6. The summed E-state index contributed by atoms with van der Waals surface area (Å²) in [5, 5.41) is 0. The van der Waals surface area contributed by atoms with Gasteiger partial charge in [0.05, 0.1) is 5.56 Å². The summed E-state index contributed by atoms with van der Waals surface area (Å²) in [6.07, 6.45) is -2.83. The molecule has 1 rings (SSSR count). The number of nitrogens with zero attached hydrogens (tertiary/aromatic N) is 1. The number of rotatable bonds is 3. The van der Waals surface area contributed by atoms with E-state index in [9.17, 15) is 13.2 Å². The maximum absolute atomic E-state index is 12.2. The first-order valence-electron chi connectivity index (χ1n) is 4.97. The molecular weight excluding hydrogens is 219 g/mol. The monoisotopic (exact) mass is 233 g/mol. The summed E-state index contributed by atoms with van der Waals surface area (Å²) in [4.78, 5) is 3.64. The van der Waals surface area contributed by atoms with Crippen molar-refractivity contribution < 1.29 is 17.9 Å². The van der Waals surface area contributed by atoms with E-state index in [0.717, 1.165) is 18.7 Å². The zero-order valence-electron chi connectivity index (χ0n) is 9.43. The molecule has 0 fully saturated rings. The van der Waals surface area contributed by atoms with Crippen LogP contribution in [0.5, 0.6) is 5.88 Å². The largest absolute Gasteiger partial charge is 0.472 e. The molecule has 5 heteroatoms. The van der Waals surface area contributed by atoms with Crippen LogP contribution < -0.4 is 4.74 Å². The molecule has 1 aromatic heterocycles. The fourth-order valence-electron chi connectivity index (χ4n) is 0.964. The van der Waals surface area contributed by atoms with Crippen LogP contribution in [0.1, 0.15) is 32.8 Å². The number of ether oxygens (including phenoxy) is 1. The zero-order chi connectivity index (χ0) is 12.4. The highest BCUT2D eigenvalue weighted by Gasteiger charge is 2.31. The van der Waals surface area contributed by atoms with E-state index in [2.05, 4.69) is 4.98 Å². The third kappa shape index (κ3) is 3.40. The lowest BCUT2D eigenvalue weighted by Crippen LogP contribution is -2.27. The van der Waals surface area contributed by atoms with Crippen molar-refractivity contribution in [2.24, 2.45) is 0 Å². The molecule has 0 N–H and O–H groups in total. The molecule has 0 aliphatic rings. The second-order valence-corrected chi connectivity index (χ2v) is 4.10. The quantitative estimate of drug-likeness (QED) is 0.794. The summed E-state index contributed by atoms with van der Waals surface area (Å²) >= 11 is 0. The molecule has 2 nitrogen and oxygen atoms in total. The predicted octanol–water partition coefficient (Wildman–Crippen LogP) is 3.67. The summed E-state index contributed by atoms with van der Waals surface area (Å²) in [6.45, 7) is 5.64. The van der Waals surface area contributed by atoms with Crippen molar-refractivity contribution in [3.05, 3.63) is 23.9 Å². The van der Waals surface area contributed by atoms with Crippen LogP contribution in [-0.4, -0.2) is 10.6 Å². The third-order valence-electron chi connectivity index (χ3n) is 2.30. The number of pyridine rings is 1. The molecule has 0 saturated carbocycles. The maximum Gasteiger partial charge on any atom is 0.417 e. The Morgan fingerprint density at radius 3 is 2.25 bits per heavy atom. The van der Waals surface area contributed by atoms with Gasteiger partial charge in [-0.2, -0.15) is 13.2 Å². The molecule has 1 heterocycles. The standard InChI is InChI=1S/C11H14F3NO/c1-4-10(2,3)16-9-6-5-8(7-15-9)11(12,13)14/h5-7H,4H2,1-3H3. The van der Waals surface area contributed by atoms with Crippen LogP contribution in [0.2, 0.25) is 0 Å². The molecule has 0 unspecified atom stereocenters. The lowest BCUT2D eigenvalue weighted by molar-refractivity contribution is -0.137. The molecule has 0 saturated heterocycles. The Labute approximate surface area is 92.5 Å². The van der Waals surface area contributed by atoms with Gasteiger partial charge in [0.1, 0.15) is 5.60 Å². The van der Waals surface area contributed by atoms with E-state index in [1.54, 1.807) is 0 Å². The minimum absolute atomic E-state index is 0.208. The van der Waals surface area contributed by atoms with Gasteiger partial charge < -0.3 is 4.74 Å². The molecule has 1 aromatic rings. The third-order valence-corrected chi connectivity index (χ3v) is 2.30. The van der Waals surface area contributed by atoms with E-state index in [4.69, 9.17) is 4.74 Å². The van der Waals surface area contributed by atoms with Crippen molar-refractivity contribution in [1.82, 2.24) is 4.98 Å². The minimum Gasteiger partial charge on any atom is -0.472 e. The first kappa shape index (κ1) is 12.8. The van der Waals surface area contributed by atoms with Crippen LogP contribution in [0.3, 0.4) is 0 Å². The molecule has 0 bridgehead atoms. The molecule has 90 valence electrons. The first-order chi connectivity index (χ1) is 7.24. The van der Waals surface area contributed by atoms with Gasteiger partial charge in [0.15, 0.2) is 0 Å². The van der Waals surface area contributed by atoms with Crippen molar-refractivity contribution in [3.8, 4) is 5.88 Å². The van der Waals surface area contributed by atoms with Gasteiger partial charge in [-0.15, -0.1) is 0 Å². The van der Waals surface area contributed by atoms with Gasteiger partial charge in [0.25, 0.3) is 0 Å². The van der Waals surface area contributed by atoms with Crippen molar-refractivity contribution in [2.45, 2.75) is 39.0 Å². The Kier molecular flexibility index (Phi) is 3.45. The Balaban J connectivity index is 2.80. The molecule has 0 amide bonds. The minimum atomic E-state index is -4.36. The van der Waals surface area contributed by atoms with E-state index in [-0.39, 0.29) is 5.88 Å². The summed E-state index contributed by atoms with van der Waals surface area (Å²) in [5.74, 6) is 0.208. The summed E-state index contributed by atoms with van der Waals surface area (Å²) in [5.41, 5.74) is -1.19. The van der Waals surface area contributed by atoms with Crippen LogP contribution >= 0.6 is 0 Å². The number of alkyl halides is 3. The number of hydrogen-bond donors (Lipinski definition) is 0. The van der Waals surface area contributed by atoms with Gasteiger partial charge in [0, 0.05) is 12.3 Å². The Morgan fingerprint density at radius 2 is 1.88 bits per heavy atom. The average Bonchev–Trinajstić information content (AvgIpc) is 2.16. The Bertz CT molecular complexity index is 343. The molecule has 0 spiro atoms. The van der Waals surface area contributed by atoms with Gasteiger partial charge in [0.2, 0.25) is 5.88 Å². The zero-order valence-corrected chi connectivity index (χ0v) is 9.43. The lowest BCUT2D eigenvalue weighted by atomic mass is 10.1. The van der Waals surface area contributed by atoms with Crippen LogP contribution in [-0.2, 0) is 6.18 Å². The summed E-state index contributed by atoms with van der Waals surface area (Å²) < 4.78 is 42.2. The number of hydrogen-bond acceptors (Lipinski definition) is 2. The fraction of sp³-hybridized carbons (Fsp3) is 0.545. The molecule has 0 radical (unpaired) electrons. The maximum atomic E-state index is 12.2. The van der Waals surface area contributed by atoms with Crippen LogP contribution in [0.25, 0.3) is 0 Å². The summed E-state index contributed by atoms with van der Waals surface area (Å²) in [7, 11) is 0. The highest BCUT2D eigenvalue weighted by Crippen LogP contribution is 2.29. The second-order valence-electron chi connectivity index (χ2n) is 4.10. The smallest absolute Gasteiger partial charge is 0.417 e. The van der Waals surface area contributed by atoms with Gasteiger partial charge in [-0.3, -0.25) is 0 Å². The van der Waals surface area contributed by atoms with Crippen LogP contribution in [0.4, 0.5) is 13.2 Å². The van der Waals surface area contributed by atoms with Gasteiger partial charge in [-0.1, -0.05) is 6.92 Å². The van der Waals surface area contributed by atoms with Crippen molar-refractivity contribution >= 4 is 0 Å². The molecule has 0 aromatic carbocycles. The Hall–Kier alpha value is -1.26. The molecule has 0 aliphatic carbocycles. The van der Waals surface area contributed by atoms with Crippen LogP contribution in [0.15, 0.2) is 18.3 Å². The highest BCUT2D eigenvalue weighted by molar-refractivity contribution is 5.20. The van der Waals surface area contributed by atoms with Crippen LogP contribution in [0, 0.1) is 0 Å². The SMILES string of the molecule is CCC(C)(C)Oc1ccc(C(F)(F)F)cn1. The topological polar surface area (TPSA) is 22.1 Å². The predicted molar refractivity (Wildman–Crippen MR) is 54.2 cm³/mol. The van der Waals surface area contributed by atoms with Gasteiger partial charge >= 0.3 is 6.18 Å². The fourth-order valence-corrected chi connectivity index (χ4v) is 0.964. The molecule has 0 aliphatic heterocycles. The molecule has 16 heavy (non-hydrogen) atoms. The number of halogens is 3. The van der Waals surface area contributed by atoms with E-state index in [1.807, 2.05) is 20.8 Å². The highest BCUT2D eigenvalue weighted by atomic mass is 19.4. The number of aromatic nitrogens is 1. The summed E-state index contributed by atoms with van der Waals surface area (Å²) in [6, 6.07) is 2.20. The van der Waals surface area contributed by atoms with E-state index in [1.165, 1.54) is 6.07 Å². The second kappa shape index (κ2) is 4.31. The average molecular weight is 233 g/mol. The van der Waals surface area contributed by atoms with Gasteiger partial charge in [-0.25, -0.2) is 4.98 Å². The first-order valence-corrected chi connectivity index (χ1v) is 4.97. The lowest BCUT2D eigenvalue weighted by Gasteiger charge is -2.24. The van der Waals surface area contributed by atoms with E-state index in [0.29, 0.717) is 0 Å². The van der Waals surface area contributed by atoms with Crippen molar-refractivity contribution in [2.75, 3.05) is 0 Å². The molecular formula is C11H14F3NO. The van der Waals surface area contributed by atoms with Crippen molar-refractivity contribution in [3.63, 3.8) is 0 Å². The van der Waals surface area contributed by atoms with E-state index >= 15 is 0 Å². The van der Waals surface area contributed by atoms with E-state index < -0.39 is 17.3 Å².